The first kappa shape index (κ1) is 16.5. The van der Waals surface area contributed by atoms with Gasteiger partial charge >= 0.3 is 0 Å². The molecule has 3 rings (SSSR count). The van der Waals surface area contributed by atoms with Crippen molar-refractivity contribution in [2.45, 2.75) is 19.3 Å². The molecule has 0 radical (unpaired) electrons. The molecule has 2 aromatic carbocycles. The van der Waals surface area contributed by atoms with E-state index in [1.807, 2.05) is 19.2 Å². The monoisotopic (exact) mass is 342 g/mol. The number of fused-ring (bicyclic) bond motifs is 1. The minimum Gasteiger partial charge on any atom is -0.352 e. The average molecular weight is 343 g/mol. The third kappa shape index (κ3) is 3.60. The van der Waals surface area contributed by atoms with Crippen LogP contribution in [0.15, 0.2) is 42.5 Å². The van der Waals surface area contributed by atoms with Crippen LogP contribution < -0.4 is 10.2 Å². The molecule has 4 nitrogen and oxygen atoms in total. The number of hydrogen-bond donors (Lipinski definition) is 1. The fourth-order valence-corrected chi connectivity index (χ4v) is 3.02. The van der Waals surface area contributed by atoms with Gasteiger partial charge in [-0.05, 0) is 54.3 Å². The summed E-state index contributed by atoms with van der Waals surface area (Å²) in [6.07, 6.45) is 2.09. The first-order valence-electron chi connectivity index (χ1n) is 7.97. The zero-order chi connectivity index (χ0) is 17.1. The molecule has 1 aliphatic rings. The van der Waals surface area contributed by atoms with Gasteiger partial charge in [0.1, 0.15) is 0 Å². The van der Waals surface area contributed by atoms with E-state index >= 15 is 0 Å². The lowest BCUT2D eigenvalue weighted by molar-refractivity contribution is -0.118. The van der Waals surface area contributed by atoms with Crippen LogP contribution in [0.25, 0.3) is 0 Å². The number of benzene rings is 2. The number of halogens is 1. The number of nitrogens with one attached hydrogen (secondary N) is 1. The zero-order valence-electron chi connectivity index (χ0n) is 13.5. The van der Waals surface area contributed by atoms with Gasteiger partial charge in [-0.3, -0.25) is 9.59 Å². The maximum Gasteiger partial charge on any atom is 0.251 e. The first-order chi connectivity index (χ1) is 11.5. The Balaban J connectivity index is 1.58. The molecule has 0 saturated carbocycles. The van der Waals surface area contributed by atoms with E-state index < -0.39 is 0 Å². The molecule has 0 aromatic heterocycles. The minimum atomic E-state index is -0.102. The van der Waals surface area contributed by atoms with E-state index in [9.17, 15) is 9.59 Å². The van der Waals surface area contributed by atoms with Gasteiger partial charge in [-0.15, -0.1) is 0 Å². The SMILES string of the molecule is CN1C(=O)CCc2cc(CCNC(=O)c3ccc(Cl)cc3)ccc21. The molecule has 1 aliphatic heterocycles. The van der Waals surface area contributed by atoms with Crippen LogP contribution in [0.1, 0.15) is 27.9 Å². The first-order valence-corrected chi connectivity index (χ1v) is 8.34. The summed E-state index contributed by atoms with van der Waals surface area (Å²) in [7, 11) is 1.81. The highest BCUT2D eigenvalue weighted by Gasteiger charge is 2.20. The largest absolute Gasteiger partial charge is 0.352 e. The minimum absolute atomic E-state index is 0.102. The smallest absolute Gasteiger partial charge is 0.251 e. The van der Waals surface area contributed by atoms with Gasteiger partial charge < -0.3 is 10.2 Å². The zero-order valence-corrected chi connectivity index (χ0v) is 14.3. The summed E-state index contributed by atoms with van der Waals surface area (Å²) in [5, 5.41) is 3.53. The van der Waals surface area contributed by atoms with Gasteiger partial charge in [0, 0.05) is 36.3 Å². The highest BCUT2D eigenvalue weighted by Crippen LogP contribution is 2.27. The number of hydrogen-bond acceptors (Lipinski definition) is 2. The fraction of sp³-hybridized carbons (Fsp3) is 0.263. The van der Waals surface area contributed by atoms with Gasteiger partial charge in [-0.2, -0.15) is 0 Å². The molecule has 1 heterocycles. The Hall–Kier alpha value is -2.33. The second kappa shape index (κ2) is 7.05. The van der Waals surface area contributed by atoms with Crippen LogP contribution in [-0.2, 0) is 17.6 Å². The molecule has 2 amide bonds. The van der Waals surface area contributed by atoms with Crippen LogP contribution >= 0.6 is 11.6 Å². The summed E-state index contributed by atoms with van der Waals surface area (Å²) < 4.78 is 0. The number of aryl methyl sites for hydroxylation is 1. The Morgan fingerprint density at radius 2 is 1.92 bits per heavy atom. The quantitative estimate of drug-likeness (QED) is 0.927. The molecule has 0 atom stereocenters. The molecular weight excluding hydrogens is 324 g/mol. The molecule has 0 fully saturated rings. The summed E-state index contributed by atoms with van der Waals surface area (Å²) in [6.45, 7) is 0.565. The highest BCUT2D eigenvalue weighted by atomic mass is 35.5. The van der Waals surface area contributed by atoms with Crippen LogP contribution in [0.2, 0.25) is 5.02 Å². The maximum absolute atomic E-state index is 12.1. The molecule has 0 spiro atoms. The van der Waals surface area contributed by atoms with E-state index in [2.05, 4.69) is 11.4 Å². The molecule has 0 saturated heterocycles. The summed E-state index contributed by atoms with van der Waals surface area (Å²) >= 11 is 5.82. The predicted octanol–water partition coefficient (Wildman–Crippen LogP) is 3.22. The Morgan fingerprint density at radius 3 is 2.67 bits per heavy atom. The highest BCUT2D eigenvalue weighted by molar-refractivity contribution is 6.30. The molecule has 124 valence electrons. The van der Waals surface area contributed by atoms with Crippen molar-refractivity contribution in [2.24, 2.45) is 0 Å². The number of carbonyl (C=O) groups is 2. The summed E-state index contributed by atoms with van der Waals surface area (Å²) in [5.74, 6) is 0.0560. The summed E-state index contributed by atoms with van der Waals surface area (Å²) in [4.78, 5) is 25.5. The van der Waals surface area contributed by atoms with Crippen LogP contribution in [-0.4, -0.2) is 25.4 Å². The van der Waals surface area contributed by atoms with Gasteiger partial charge in [0.2, 0.25) is 5.91 Å². The maximum atomic E-state index is 12.1. The number of anilines is 1. The Morgan fingerprint density at radius 1 is 1.17 bits per heavy atom. The standard InChI is InChI=1S/C19H19ClN2O2/c1-22-17-8-2-13(12-15(17)5-9-18(22)23)10-11-21-19(24)14-3-6-16(20)7-4-14/h2-4,6-8,12H,5,9-11H2,1H3,(H,21,24). The van der Waals surface area contributed by atoms with E-state index in [0.717, 1.165) is 24.1 Å². The van der Waals surface area contributed by atoms with Gasteiger partial charge in [0.05, 0.1) is 0 Å². The lowest BCUT2D eigenvalue weighted by Crippen LogP contribution is -2.31. The van der Waals surface area contributed by atoms with Crippen molar-refractivity contribution in [3.8, 4) is 0 Å². The molecular formula is C19H19ClN2O2. The molecule has 5 heteroatoms. The Kier molecular flexibility index (Phi) is 4.86. The number of rotatable bonds is 4. The van der Waals surface area contributed by atoms with E-state index in [1.54, 1.807) is 29.2 Å². The fourth-order valence-electron chi connectivity index (χ4n) is 2.89. The van der Waals surface area contributed by atoms with E-state index in [0.29, 0.717) is 23.6 Å². The molecule has 0 aliphatic carbocycles. The van der Waals surface area contributed by atoms with Gasteiger partial charge in [0.15, 0.2) is 0 Å². The van der Waals surface area contributed by atoms with Crippen LogP contribution in [0.3, 0.4) is 0 Å². The normalized spacial score (nSPS) is 13.6. The Bertz CT molecular complexity index is 771. The third-order valence-corrected chi connectivity index (χ3v) is 4.55. The summed E-state index contributed by atoms with van der Waals surface area (Å²) in [5.41, 5.74) is 3.94. The number of carbonyl (C=O) groups excluding carboxylic acids is 2. The third-order valence-electron chi connectivity index (χ3n) is 4.29. The van der Waals surface area contributed by atoms with Crippen LogP contribution in [0.5, 0.6) is 0 Å². The molecule has 0 unspecified atom stereocenters. The summed E-state index contributed by atoms with van der Waals surface area (Å²) in [6, 6.07) is 13.0. The van der Waals surface area contributed by atoms with Crippen molar-refractivity contribution < 1.29 is 9.59 Å². The second-order valence-electron chi connectivity index (χ2n) is 5.93. The van der Waals surface area contributed by atoms with Crippen molar-refractivity contribution in [2.75, 3.05) is 18.5 Å². The van der Waals surface area contributed by atoms with E-state index in [1.165, 1.54) is 5.56 Å². The molecule has 24 heavy (non-hydrogen) atoms. The van der Waals surface area contributed by atoms with Crippen molar-refractivity contribution in [1.82, 2.24) is 5.32 Å². The van der Waals surface area contributed by atoms with Gasteiger partial charge in [-0.1, -0.05) is 23.7 Å². The number of nitrogens with zero attached hydrogens (tertiary/aromatic N) is 1. The lowest BCUT2D eigenvalue weighted by atomic mass is 9.98. The lowest BCUT2D eigenvalue weighted by Gasteiger charge is -2.26. The number of amides is 2. The second-order valence-corrected chi connectivity index (χ2v) is 6.37. The van der Waals surface area contributed by atoms with Crippen molar-refractivity contribution in [3.63, 3.8) is 0 Å². The van der Waals surface area contributed by atoms with E-state index in [-0.39, 0.29) is 11.8 Å². The average Bonchev–Trinajstić information content (AvgIpc) is 2.59. The van der Waals surface area contributed by atoms with Gasteiger partial charge in [0.25, 0.3) is 5.91 Å². The molecule has 2 aromatic rings. The van der Waals surface area contributed by atoms with Crippen molar-refractivity contribution in [3.05, 3.63) is 64.2 Å². The van der Waals surface area contributed by atoms with Crippen molar-refractivity contribution >= 4 is 29.1 Å². The predicted molar refractivity (Wildman–Crippen MR) is 95.7 cm³/mol. The molecule has 0 bridgehead atoms. The van der Waals surface area contributed by atoms with E-state index in [4.69, 9.17) is 11.6 Å². The Labute approximate surface area is 146 Å². The topological polar surface area (TPSA) is 49.4 Å². The molecule has 1 N–H and O–H groups in total. The van der Waals surface area contributed by atoms with Gasteiger partial charge in [-0.25, -0.2) is 0 Å². The van der Waals surface area contributed by atoms with Crippen LogP contribution in [0.4, 0.5) is 5.69 Å². The van der Waals surface area contributed by atoms with Crippen LogP contribution in [0, 0.1) is 0 Å². The van der Waals surface area contributed by atoms with Crippen molar-refractivity contribution in [1.29, 1.82) is 0 Å².